The number of nitriles is 1. The largest absolute Gasteiger partial charge is 0.382 e. The van der Waals surface area contributed by atoms with Crippen LogP contribution in [-0.2, 0) is 4.79 Å². The van der Waals surface area contributed by atoms with Gasteiger partial charge in [-0.3, -0.25) is 4.79 Å². The van der Waals surface area contributed by atoms with E-state index in [1.54, 1.807) is 42.5 Å². The molecule has 22 heavy (non-hydrogen) atoms. The van der Waals surface area contributed by atoms with Gasteiger partial charge in [0.15, 0.2) is 0 Å². The predicted molar refractivity (Wildman–Crippen MR) is 89.4 cm³/mol. The van der Waals surface area contributed by atoms with Gasteiger partial charge in [0.25, 0.3) is 0 Å². The minimum atomic E-state index is -0.161. The molecule has 6 heteroatoms. The first-order valence-electron chi connectivity index (χ1n) is 6.58. The molecule has 2 aromatic rings. The van der Waals surface area contributed by atoms with Crippen LogP contribution in [0.3, 0.4) is 0 Å². The maximum absolute atomic E-state index is 11.9. The molecular formula is C16H13Cl2N3O. The van der Waals surface area contributed by atoms with Crippen LogP contribution in [0.4, 0.5) is 11.4 Å². The summed E-state index contributed by atoms with van der Waals surface area (Å²) in [6.45, 7) is 0.396. The monoisotopic (exact) mass is 333 g/mol. The van der Waals surface area contributed by atoms with Crippen LogP contribution in [-0.4, -0.2) is 12.5 Å². The van der Waals surface area contributed by atoms with Crippen LogP contribution >= 0.6 is 23.2 Å². The summed E-state index contributed by atoms with van der Waals surface area (Å²) in [4.78, 5) is 11.9. The summed E-state index contributed by atoms with van der Waals surface area (Å²) in [5.41, 5.74) is 1.71. The number of anilines is 2. The first-order valence-corrected chi connectivity index (χ1v) is 7.33. The van der Waals surface area contributed by atoms with Crippen molar-refractivity contribution in [1.82, 2.24) is 0 Å². The van der Waals surface area contributed by atoms with E-state index in [1.807, 2.05) is 6.07 Å². The molecule has 0 aliphatic heterocycles. The SMILES string of the molecule is N#Cc1cccc(NC(=O)CCNc2c(Cl)cccc2Cl)c1. The molecular weight excluding hydrogens is 321 g/mol. The number of para-hydroxylation sites is 1. The summed E-state index contributed by atoms with van der Waals surface area (Å²) in [6, 6.07) is 14.0. The van der Waals surface area contributed by atoms with Crippen molar-refractivity contribution in [3.63, 3.8) is 0 Å². The van der Waals surface area contributed by atoms with Gasteiger partial charge in [-0.2, -0.15) is 5.26 Å². The van der Waals surface area contributed by atoms with Gasteiger partial charge >= 0.3 is 0 Å². The number of hydrogen-bond donors (Lipinski definition) is 2. The molecule has 0 unspecified atom stereocenters. The van der Waals surface area contributed by atoms with E-state index in [9.17, 15) is 4.79 Å². The summed E-state index contributed by atoms with van der Waals surface area (Å²) in [7, 11) is 0. The fourth-order valence-corrected chi connectivity index (χ4v) is 2.39. The van der Waals surface area contributed by atoms with Gasteiger partial charge in [-0.15, -0.1) is 0 Å². The highest BCUT2D eigenvalue weighted by Gasteiger charge is 2.07. The molecule has 0 fully saturated rings. The predicted octanol–water partition coefficient (Wildman–Crippen LogP) is 4.31. The third kappa shape index (κ3) is 4.39. The molecule has 112 valence electrons. The number of nitrogens with zero attached hydrogens (tertiary/aromatic N) is 1. The van der Waals surface area contributed by atoms with Crippen molar-refractivity contribution in [3.05, 3.63) is 58.1 Å². The molecule has 0 aromatic heterocycles. The second-order valence-corrected chi connectivity index (χ2v) is 5.33. The zero-order chi connectivity index (χ0) is 15.9. The van der Waals surface area contributed by atoms with E-state index in [0.717, 1.165) is 0 Å². The lowest BCUT2D eigenvalue weighted by Gasteiger charge is -2.10. The molecule has 0 radical (unpaired) electrons. The molecule has 0 atom stereocenters. The lowest BCUT2D eigenvalue weighted by Crippen LogP contribution is -2.16. The van der Waals surface area contributed by atoms with Crippen molar-refractivity contribution < 1.29 is 4.79 Å². The number of carbonyl (C=O) groups excluding carboxylic acids is 1. The summed E-state index contributed by atoms with van der Waals surface area (Å²) in [6.07, 6.45) is 0.248. The Bertz CT molecular complexity index is 705. The molecule has 1 amide bonds. The van der Waals surface area contributed by atoms with Crippen molar-refractivity contribution in [1.29, 1.82) is 5.26 Å². The smallest absolute Gasteiger partial charge is 0.226 e. The number of amides is 1. The van der Waals surface area contributed by atoms with Crippen LogP contribution in [0.1, 0.15) is 12.0 Å². The molecule has 2 aromatic carbocycles. The van der Waals surface area contributed by atoms with Crippen molar-refractivity contribution in [2.24, 2.45) is 0 Å². The van der Waals surface area contributed by atoms with E-state index >= 15 is 0 Å². The second-order valence-electron chi connectivity index (χ2n) is 4.51. The van der Waals surface area contributed by atoms with Gasteiger partial charge in [-0.25, -0.2) is 0 Å². The van der Waals surface area contributed by atoms with Crippen molar-refractivity contribution in [3.8, 4) is 6.07 Å². The van der Waals surface area contributed by atoms with Crippen LogP contribution in [0, 0.1) is 11.3 Å². The molecule has 0 bridgehead atoms. The van der Waals surface area contributed by atoms with Gasteiger partial charge in [-0.1, -0.05) is 35.3 Å². The van der Waals surface area contributed by atoms with Gasteiger partial charge < -0.3 is 10.6 Å². The quantitative estimate of drug-likeness (QED) is 0.856. The van der Waals surface area contributed by atoms with Crippen LogP contribution in [0.15, 0.2) is 42.5 Å². The fourth-order valence-electron chi connectivity index (χ4n) is 1.86. The molecule has 0 heterocycles. The molecule has 4 nitrogen and oxygen atoms in total. The first-order chi connectivity index (χ1) is 10.6. The zero-order valence-corrected chi connectivity index (χ0v) is 13.1. The Balaban J connectivity index is 1.87. The number of hydrogen-bond acceptors (Lipinski definition) is 3. The number of carbonyl (C=O) groups is 1. The molecule has 0 aliphatic carbocycles. The highest BCUT2D eigenvalue weighted by Crippen LogP contribution is 2.29. The third-order valence-corrected chi connectivity index (χ3v) is 3.52. The Kier molecular flexibility index (Phi) is 5.65. The van der Waals surface area contributed by atoms with Crippen LogP contribution in [0.25, 0.3) is 0 Å². The van der Waals surface area contributed by atoms with Gasteiger partial charge in [-0.05, 0) is 30.3 Å². The van der Waals surface area contributed by atoms with Crippen LogP contribution in [0.5, 0.6) is 0 Å². The highest BCUT2D eigenvalue weighted by atomic mass is 35.5. The topological polar surface area (TPSA) is 64.9 Å². The van der Waals surface area contributed by atoms with Crippen LogP contribution in [0.2, 0.25) is 10.0 Å². The van der Waals surface area contributed by atoms with Gasteiger partial charge in [0, 0.05) is 18.7 Å². The van der Waals surface area contributed by atoms with E-state index in [1.165, 1.54) is 0 Å². The average molecular weight is 334 g/mol. The summed E-state index contributed by atoms with van der Waals surface area (Å²) >= 11 is 12.1. The van der Waals surface area contributed by atoms with E-state index in [2.05, 4.69) is 10.6 Å². The maximum Gasteiger partial charge on any atom is 0.226 e. The fraction of sp³-hybridized carbons (Fsp3) is 0.125. The second kappa shape index (κ2) is 7.69. The van der Waals surface area contributed by atoms with Gasteiger partial charge in [0.1, 0.15) is 0 Å². The maximum atomic E-state index is 11.9. The Hall–Kier alpha value is -2.22. The summed E-state index contributed by atoms with van der Waals surface area (Å²) < 4.78 is 0. The number of benzene rings is 2. The number of nitrogens with one attached hydrogen (secondary N) is 2. The molecule has 0 aliphatic rings. The summed E-state index contributed by atoms with van der Waals surface area (Å²) in [5.74, 6) is -0.161. The van der Waals surface area contributed by atoms with E-state index in [4.69, 9.17) is 28.5 Å². The zero-order valence-electron chi connectivity index (χ0n) is 11.6. The molecule has 0 spiro atoms. The van der Waals surface area contributed by atoms with E-state index in [-0.39, 0.29) is 12.3 Å². The molecule has 0 saturated carbocycles. The Morgan fingerprint density at radius 3 is 2.50 bits per heavy atom. The normalized spacial score (nSPS) is 9.86. The van der Waals surface area contributed by atoms with Crippen molar-refractivity contribution >= 4 is 40.5 Å². The number of rotatable bonds is 5. The standard InChI is InChI=1S/C16H13Cl2N3O/c17-13-5-2-6-14(18)16(13)20-8-7-15(22)21-12-4-1-3-11(9-12)10-19/h1-6,9,20H,7-8H2,(H,21,22). The molecule has 0 saturated heterocycles. The molecule has 2 rings (SSSR count). The Labute approximate surface area is 138 Å². The average Bonchev–Trinajstić information content (AvgIpc) is 2.50. The molecule has 2 N–H and O–H groups in total. The first kappa shape index (κ1) is 16.2. The third-order valence-electron chi connectivity index (χ3n) is 2.89. The minimum absolute atomic E-state index is 0.161. The van der Waals surface area contributed by atoms with Crippen molar-refractivity contribution in [2.75, 3.05) is 17.2 Å². The van der Waals surface area contributed by atoms with Gasteiger partial charge in [0.05, 0.1) is 27.4 Å². The summed E-state index contributed by atoms with van der Waals surface area (Å²) in [5, 5.41) is 15.6. The van der Waals surface area contributed by atoms with Crippen molar-refractivity contribution in [2.45, 2.75) is 6.42 Å². The minimum Gasteiger partial charge on any atom is -0.382 e. The number of halogens is 2. The van der Waals surface area contributed by atoms with E-state index in [0.29, 0.717) is 33.5 Å². The Morgan fingerprint density at radius 2 is 1.82 bits per heavy atom. The van der Waals surface area contributed by atoms with Gasteiger partial charge in [0.2, 0.25) is 5.91 Å². The van der Waals surface area contributed by atoms with E-state index < -0.39 is 0 Å². The lowest BCUT2D eigenvalue weighted by atomic mass is 10.2. The van der Waals surface area contributed by atoms with Crippen LogP contribution < -0.4 is 10.6 Å². The highest BCUT2D eigenvalue weighted by molar-refractivity contribution is 6.39. The lowest BCUT2D eigenvalue weighted by molar-refractivity contribution is -0.115. The Morgan fingerprint density at radius 1 is 1.14 bits per heavy atom.